The van der Waals surface area contributed by atoms with Crippen molar-refractivity contribution < 1.29 is 32.9 Å². The van der Waals surface area contributed by atoms with Crippen LogP contribution in [0.3, 0.4) is 0 Å². The van der Waals surface area contributed by atoms with E-state index in [-0.39, 0.29) is 19.1 Å². The summed E-state index contributed by atoms with van der Waals surface area (Å²) < 4.78 is 23.0. The number of phosphoric ester groups is 1. The number of aliphatic hydroxyl groups excluding tert-OH is 1. The van der Waals surface area contributed by atoms with Crippen LogP contribution in [0, 0.1) is 0 Å². The number of quaternary nitrogens is 1. The predicted molar refractivity (Wildman–Crippen MR) is 178 cm³/mol. The Morgan fingerprint density at radius 1 is 0.721 bits per heavy atom. The van der Waals surface area contributed by atoms with Gasteiger partial charge in [-0.2, -0.15) is 0 Å². The monoisotopic (exact) mass is 635 g/mol. The number of likely N-dealkylation sites (N-methyl/N-ethyl adjacent to an activating group) is 1. The third-order valence-corrected chi connectivity index (χ3v) is 9.06. The number of hydrogen-bond acceptors (Lipinski definition) is 6. The number of nitrogens with one attached hydrogen (secondary N) is 1. The number of amides is 1. The second-order valence-electron chi connectivity index (χ2n) is 13.6. The minimum absolute atomic E-state index is 0.0150. The van der Waals surface area contributed by atoms with Crippen LogP contribution in [0.5, 0.6) is 0 Å². The highest BCUT2D eigenvalue weighted by atomic mass is 31.2. The lowest BCUT2D eigenvalue weighted by atomic mass is 10.0. The van der Waals surface area contributed by atoms with Gasteiger partial charge in [0.1, 0.15) is 13.2 Å². The summed E-state index contributed by atoms with van der Waals surface area (Å²) in [6.45, 7) is 4.65. The number of nitrogens with zero attached hydrogens (tertiary/aromatic N) is 1. The zero-order valence-electron chi connectivity index (χ0n) is 28.9. The van der Waals surface area contributed by atoms with Crippen molar-refractivity contribution in [3.05, 3.63) is 0 Å². The van der Waals surface area contributed by atoms with Crippen LogP contribution in [-0.2, 0) is 18.4 Å². The number of aliphatic hydroxyl groups is 1. The topological polar surface area (TPSA) is 108 Å². The van der Waals surface area contributed by atoms with Gasteiger partial charge in [0.25, 0.3) is 7.82 Å². The Morgan fingerprint density at radius 2 is 1.14 bits per heavy atom. The summed E-state index contributed by atoms with van der Waals surface area (Å²) in [6, 6.07) is -0.789. The van der Waals surface area contributed by atoms with E-state index < -0.39 is 20.0 Å². The highest BCUT2D eigenvalue weighted by Gasteiger charge is 2.24. The van der Waals surface area contributed by atoms with Crippen molar-refractivity contribution in [1.29, 1.82) is 0 Å². The summed E-state index contributed by atoms with van der Waals surface area (Å²) in [6.07, 6.45) is 25.4. The number of rotatable bonds is 32. The van der Waals surface area contributed by atoms with Gasteiger partial charge in [-0.05, 0) is 12.8 Å². The standard InChI is InChI=1S/C34H71N2O6P/c1-6-8-10-12-14-15-16-17-18-19-20-22-23-25-27-33(37)32(31-42-43(39,40)41-30-29-36(3,4)5)35-34(38)28-26-24-21-13-11-9-7-2/h32-33,37H,6-31H2,1-5H3,(H-,35,38,39,40)/t32-,33+/m0/s1. The summed E-state index contributed by atoms with van der Waals surface area (Å²) in [7, 11) is 1.31. The molecule has 0 aromatic heterocycles. The summed E-state index contributed by atoms with van der Waals surface area (Å²) in [5.41, 5.74) is 0. The number of carbonyl (C=O) groups excluding carboxylic acids is 1. The van der Waals surface area contributed by atoms with Crippen LogP contribution < -0.4 is 10.2 Å². The summed E-state index contributed by atoms with van der Waals surface area (Å²) in [4.78, 5) is 25.0. The average molecular weight is 635 g/mol. The Morgan fingerprint density at radius 3 is 1.58 bits per heavy atom. The molecule has 0 saturated heterocycles. The van der Waals surface area contributed by atoms with Crippen molar-refractivity contribution in [3.8, 4) is 0 Å². The molecule has 0 aromatic carbocycles. The number of unbranched alkanes of at least 4 members (excludes halogenated alkanes) is 19. The van der Waals surface area contributed by atoms with Gasteiger partial charge in [-0.3, -0.25) is 9.36 Å². The SMILES string of the molecule is CCCCCCCCCCCCCCCC[C@@H](O)[C@H](COP(=O)([O-])OCC[N+](C)(C)C)NC(=O)CCCCCCCCC. The number of carbonyl (C=O) groups is 1. The molecule has 1 amide bonds. The molecule has 2 N–H and O–H groups in total. The van der Waals surface area contributed by atoms with Gasteiger partial charge in [-0.1, -0.05) is 142 Å². The first-order chi connectivity index (χ1) is 20.5. The number of hydrogen-bond donors (Lipinski definition) is 2. The lowest BCUT2D eigenvalue weighted by Crippen LogP contribution is -2.46. The van der Waals surface area contributed by atoms with Gasteiger partial charge in [0.15, 0.2) is 0 Å². The van der Waals surface area contributed by atoms with Crippen LogP contribution in [-0.4, -0.2) is 68.5 Å². The van der Waals surface area contributed by atoms with Crippen molar-refractivity contribution in [2.75, 3.05) is 40.9 Å². The van der Waals surface area contributed by atoms with Crippen molar-refractivity contribution in [3.63, 3.8) is 0 Å². The smallest absolute Gasteiger partial charge is 0.268 e. The quantitative estimate of drug-likeness (QED) is 0.0440. The first-order valence-corrected chi connectivity index (χ1v) is 19.3. The van der Waals surface area contributed by atoms with Crippen LogP contribution >= 0.6 is 7.82 Å². The van der Waals surface area contributed by atoms with Gasteiger partial charge in [-0.25, -0.2) is 0 Å². The zero-order valence-corrected chi connectivity index (χ0v) is 29.8. The van der Waals surface area contributed by atoms with Gasteiger partial charge in [0, 0.05) is 6.42 Å². The Labute approximate surface area is 266 Å². The van der Waals surface area contributed by atoms with Crippen molar-refractivity contribution in [2.24, 2.45) is 0 Å². The second kappa shape index (κ2) is 27.8. The van der Waals surface area contributed by atoms with Crippen LogP contribution in [0.2, 0.25) is 0 Å². The maximum atomic E-state index is 12.6. The Hall–Kier alpha value is -0.500. The largest absolute Gasteiger partial charge is 0.756 e. The van der Waals surface area contributed by atoms with E-state index in [0.29, 0.717) is 23.9 Å². The molecule has 3 atom stereocenters. The van der Waals surface area contributed by atoms with Crippen molar-refractivity contribution in [2.45, 2.75) is 174 Å². The van der Waals surface area contributed by atoms with E-state index in [4.69, 9.17) is 9.05 Å². The third-order valence-electron chi connectivity index (χ3n) is 8.10. The molecule has 0 saturated carbocycles. The van der Waals surface area contributed by atoms with E-state index >= 15 is 0 Å². The molecule has 0 fully saturated rings. The molecule has 43 heavy (non-hydrogen) atoms. The van der Waals surface area contributed by atoms with Crippen LogP contribution in [0.15, 0.2) is 0 Å². The lowest BCUT2D eigenvalue weighted by Gasteiger charge is -2.30. The minimum atomic E-state index is -4.54. The molecule has 0 aliphatic carbocycles. The molecule has 0 radical (unpaired) electrons. The summed E-state index contributed by atoms with van der Waals surface area (Å²) in [5, 5.41) is 13.7. The van der Waals surface area contributed by atoms with E-state index in [9.17, 15) is 19.4 Å². The second-order valence-corrected chi connectivity index (χ2v) is 15.0. The molecule has 0 heterocycles. The first kappa shape index (κ1) is 42.5. The van der Waals surface area contributed by atoms with E-state index in [1.54, 1.807) is 0 Å². The van der Waals surface area contributed by atoms with E-state index in [1.165, 1.54) is 96.3 Å². The van der Waals surface area contributed by atoms with Gasteiger partial charge in [-0.15, -0.1) is 0 Å². The van der Waals surface area contributed by atoms with E-state index in [0.717, 1.165) is 38.5 Å². The highest BCUT2D eigenvalue weighted by molar-refractivity contribution is 7.45. The molecule has 258 valence electrons. The molecule has 0 aliphatic rings. The maximum Gasteiger partial charge on any atom is 0.268 e. The predicted octanol–water partition coefficient (Wildman–Crippen LogP) is 8.05. The van der Waals surface area contributed by atoms with Gasteiger partial charge in [0.05, 0.1) is 39.9 Å². The molecule has 1 unspecified atom stereocenters. The Kier molecular flexibility index (Phi) is 27.5. The fourth-order valence-corrected chi connectivity index (χ4v) is 5.88. The molecule has 0 spiro atoms. The summed E-state index contributed by atoms with van der Waals surface area (Å²) in [5.74, 6) is -0.172. The normalized spacial score (nSPS) is 14.9. The molecule has 0 rings (SSSR count). The minimum Gasteiger partial charge on any atom is -0.756 e. The van der Waals surface area contributed by atoms with Crippen molar-refractivity contribution in [1.82, 2.24) is 5.32 Å². The highest BCUT2D eigenvalue weighted by Crippen LogP contribution is 2.38. The molecular weight excluding hydrogens is 563 g/mol. The summed E-state index contributed by atoms with van der Waals surface area (Å²) >= 11 is 0. The number of phosphoric acid groups is 1. The van der Waals surface area contributed by atoms with Gasteiger partial charge >= 0.3 is 0 Å². The van der Waals surface area contributed by atoms with E-state index in [2.05, 4.69) is 19.2 Å². The molecule has 0 bridgehead atoms. The van der Waals surface area contributed by atoms with Crippen LogP contribution in [0.1, 0.15) is 162 Å². The Balaban J connectivity index is 4.43. The van der Waals surface area contributed by atoms with Crippen molar-refractivity contribution >= 4 is 13.7 Å². The van der Waals surface area contributed by atoms with Gasteiger partial charge < -0.3 is 28.8 Å². The molecule has 9 heteroatoms. The molecule has 0 aliphatic heterocycles. The third kappa shape index (κ3) is 29.9. The molecule has 8 nitrogen and oxygen atoms in total. The fraction of sp³-hybridized carbons (Fsp3) is 0.971. The first-order valence-electron chi connectivity index (χ1n) is 17.9. The molecule has 0 aromatic rings. The fourth-order valence-electron chi connectivity index (χ4n) is 5.16. The molecular formula is C34H71N2O6P. The van der Waals surface area contributed by atoms with E-state index in [1.807, 2.05) is 21.1 Å². The maximum absolute atomic E-state index is 12.6. The van der Waals surface area contributed by atoms with Crippen LogP contribution in [0.4, 0.5) is 0 Å². The Bertz CT molecular complexity index is 688. The lowest BCUT2D eigenvalue weighted by molar-refractivity contribution is -0.870. The van der Waals surface area contributed by atoms with Gasteiger partial charge in [0.2, 0.25) is 5.91 Å². The van der Waals surface area contributed by atoms with Crippen LogP contribution in [0.25, 0.3) is 0 Å². The average Bonchev–Trinajstić information content (AvgIpc) is 2.94. The zero-order chi connectivity index (χ0) is 32.2.